The third-order valence-electron chi connectivity index (χ3n) is 3.08. The predicted octanol–water partition coefficient (Wildman–Crippen LogP) is -0.456. The molecule has 8 heteroatoms. The highest BCUT2D eigenvalue weighted by molar-refractivity contribution is 7.80. The Bertz CT molecular complexity index is 440. The molecule has 1 N–H and O–H groups in total. The van der Waals surface area contributed by atoms with Crippen LogP contribution in [0.25, 0.3) is 0 Å². The number of hydrogen-bond acceptors (Lipinski definition) is 6. The number of nitrogens with zero attached hydrogens (tertiary/aromatic N) is 1. The van der Waals surface area contributed by atoms with E-state index in [-0.39, 0.29) is 30.0 Å². The number of thiol groups is 1. The van der Waals surface area contributed by atoms with Gasteiger partial charge in [0.2, 0.25) is 11.8 Å². The van der Waals surface area contributed by atoms with Crippen LogP contribution in [-0.4, -0.2) is 59.5 Å². The average molecular weight is 316 g/mol. The van der Waals surface area contributed by atoms with Crippen molar-refractivity contribution in [1.82, 2.24) is 10.2 Å². The minimum atomic E-state index is -0.771. The molecular formula is C13H20N2O5S. The number of hydrogen-bond donors (Lipinski definition) is 2. The fourth-order valence-electron chi connectivity index (χ4n) is 2.18. The lowest BCUT2D eigenvalue weighted by atomic mass is 10.2. The number of ketones is 1. The zero-order valence-corrected chi connectivity index (χ0v) is 13.0. The van der Waals surface area contributed by atoms with E-state index in [1.807, 2.05) is 0 Å². The molecule has 0 saturated carbocycles. The van der Waals surface area contributed by atoms with Crippen LogP contribution in [0.3, 0.4) is 0 Å². The standard InChI is InChI=1S/C13H20N2O5S/c1-8(16)6-20-13(19)11-4-3-5-15(11)12(18)10(7-21)14-9(2)17/h10-11,21H,3-7H2,1-2H3,(H,14,17). The van der Waals surface area contributed by atoms with E-state index in [1.54, 1.807) is 0 Å². The molecule has 2 atom stereocenters. The summed E-state index contributed by atoms with van der Waals surface area (Å²) in [6.07, 6.45) is 1.16. The molecule has 0 aromatic heterocycles. The van der Waals surface area contributed by atoms with Crippen LogP contribution in [0.2, 0.25) is 0 Å². The van der Waals surface area contributed by atoms with Crippen LogP contribution < -0.4 is 5.32 Å². The van der Waals surface area contributed by atoms with Crippen molar-refractivity contribution in [1.29, 1.82) is 0 Å². The monoisotopic (exact) mass is 316 g/mol. The molecule has 1 fully saturated rings. The van der Waals surface area contributed by atoms with Crippen molar-refractivity contribution in [3.05, 3.63) is 0 Å². The van der Waals surface area contributed by atoms with Crippen molar-refractivity contribution in [3.8, 4) is 0 Å². The first-order chi connectivity index (χ1) is 9.86. The third kappa shape index (κ3) is 5.04. The van der Waals surface area contributed by atoms with E-state index >= 15 is 0 Å². The van der Waals surface area contributed by atoms with Gasteiger partial charge in [-0.2, -0.15) is 12.6 Å². The van der Waals surface area contributed by atoms with E-state index in [2.05, 4.69) is 17.9 Å². The second-order valence-corrected chi connectivity index (χ2v) is 5.30. The molecule has 1 saturated heterocycles. The highest BCUT2D eigenvalue weighted by Gasteiger charge is 2.38. The maximum atomic E-state index is 12.4. The van der Waals surface area contributed by atoms with Crippen LogP contribution in [0.1, 0.15) is 26.7 Å². The zero-order chi connectivity index (χ0) is 16.0. The smallest absolute Gasteiger partial charge is 0.329 e. The number of likely N-dealkylation sites (tertiary alicyclic amines) is 1. The molecule has 1 heterocycles. The summed E-state index contributed by atoms with van der Waals surface area (Å²) in [5.41, 5.74) is 0. The summed E-state index contributed by atoms with van der Waals surface area (Å²) in [6.45, 7) is 2.76. The predicted molar refractivity (Wildman–Crippen MR) is 77.8 cm³/mol. The summed E-state index contributed by atoms with van der Waals surface area (Å²) >= 11 is 4.05. The van der Waals surface area contributed by atoms with Gasteiger partial charge < -0.3 is 15.0 Å². The summed E-state index contributed by atoms with van der Waals surface area (Å²) in [5, 5.41) is 2.50. The number of nitrogens with one attached hydrogen (secondary N) is 1. The van der Waals surface area contributed by atoms with Gasteiger partial charge in [0.15, 0.2) is 5.78 Å². The summed E-state index contributed by atoms with van der Waals surface area (Å²) in [4.78, 5) is 47.6. The molecule has 0 aromatic rings. The topological polar surface area (TPSA) is 92.8 Å². The van der Waals surface area contributed by atoms with Gasteiger partial charge >= 0.3 is 5.97 Å². The van der Waals surface area contributed by atoms with Crippen molar-refractivity contribution in [2.75, 3.05) is 18.9 Å². The number of ether oxygens (including phenoxy) is 1. The van der Waals surface area contributed by atoms with E-state index in [0.717, 1.165) is 0 Å². The molecule has 0 aliphatic carbocycles. The maximum Gasteiger partial charge on any atom is 0.329 e. The SMILES string of the molecule is CC(=O)COC(=O)C1CCCN1C(=O)C(CS)NC(C)=O. The number of carbonyl (C=O) groups excluding carboxylic acids is 4. The summed E-state index contributed by atoms with van der Waals surface area (Å²) < 4.78 is 4.87. The highest BCUT2D eigenvalue weighted by Crippen LogP contribution is 2.20. The molecule has 21 heavy (non-hydrogen) atoms. The van der Waals surface area contributed by atoms with Crippen LogP contribution in [0.5, 0.6) is 0 Å². The Hall–Kier alpha value is -1.57. The second kappa shape index (κ2) is 8.02. The quantitative estimate of drug-likeness (QED) is 0.511. The van der Waals surface area contributed by atoms with Gasteiger partial charge in [0.05, 0.1) is 0 Å². The molecule has 1 rings (SSSR count). The highest BCUT2D eigenvalue weighted by atomic mass is 32.1. The first kappa shape index (κ1) is 17.5. The lowest BCUT2D eigenvalue weighted by Gasteiger charge is -2.27. The molecule has 0 spiro atoms. The molecule has 0 aromatic carbocycles. The van der Waals surface area contributed by atoms with Gasteiger partial charge in [-0.1, -0.05) is 0 Å². The molecule has 2 amide bonds. The summed E-state index contributed by atoms with van der Waals surface area (Å²) in [6, 6.07) is -1.47. The van der Waals surface area contributed by atoms with Gasteiger partial charge in [-0.05, 0) is 19.8 Å². The Morgan fingerprint density at radius 3 is 2.52 bits per heavy atom. The number of esters is 1. The fraction of sp³-hybridized carbons (Fsp3) is 0.692. The zero-order valence-electron chi connectivity index (χ0n) is 12.1. The van der Waals surface area contributed by atoms with Gasteiger partial charge in [0.25, 0.3) is 0 Å². The minimum absolute atomic E-state index is 0.143. The number of Topliss-reactive ketones (excluding diaryl/α,β-unsaturated/α-hetero) is 1. The van der Waals surface area contributed by atoms with E-state index < -0.39 is 18.1 Å². The molecule has 2 unspecified atom stereocenters. The molecule has 118 valence electrons. The van der Waals surface area contributed by atoms with Crippen LogP contribution in [-0.2, 0) is 23.9 Å². The Balaban J connectivity index is 2.70. The lowest BCUT2D eigenvalue weighted by Crippen LogP contribution is -2.52. The normalized spacial score (nSPS) is 19.0. The van der Waals surface area contributed by atoms with E-state index in [4.69, 9.17) is 4.74 Å². The van der Waals surface area contributed by atoms with Crippen molar-refractivity contribution in [2.24, 2.45) is 0 Å². The van der Waals surface area contributed by atoms with Crippen LogP contribution in [0, 0.1) is 0 Å². The lowest BCUT2D eigenvalue weighted by molar-refractivity contribution is -0.155. The second-order valence-electron chi connectivity index (χ2n) is 4.94. The molecule has 0 bridgehead atoms. The largest absolute Gasteiger partial charge is 0.456 e. The Morgan fingerprint density at radius 1 is 1.33 bits per heavy atom. The molecule has 7 nitrogen and oxygen atoms in total. The first-order valence-electron chi connectivity index (χ1n) is 6.71. The van der Waals surface area contributed by atoms with Gasteiger partial charge in [0.1, 0.15) is 18.7 Å². The molecule has 1 aliphatic heterocycles. The van der Waals surface area contributed by atoms with Crippen LogP contribution in [0.4, 0.5) is 0 Å². The Kier molecular flexibility index (Phi) is 6.67. The first-order valence-corrected chi connectivity index (χ1v) is 7.34. The van der Waals surface area contributed by atoms with Crippen LogP contribution >= 0.6 is 12.6 Å². The number of amides is 2. The Morgan fingerprint density at radius 2 is 2.00 bits per heavy atom. The van der Waals surface area contributed by atoms with Crippen molar-refractivity contribution in [2.45, 2.75) is 38.8 Å². The van der Waals surface area contributed by atoms with Gasteiger partial charge in [-0.25, -0.2) is 4.79 Å². The van der Waals surface area contributed by atoms with Gasteiger partial charge in [-0.3, -0.25) is 14.4 Å². The van der Waals surface area contributed by atoms with Crippen molar-refractivity contribution >= 4 is 36.2 Å². The average Bonchev–Trinajstić information content (AvgIpc) is 2.90. The molecule has 0 radical (unpaired) electrons. The molecule has 1 aliphatic rings. The third-order valence-corrected chi connectivity index (χ3v) is 3.45. The van der Waals surface area contributed by atoms with E-state index in [0.29, 0.717) is 19.4 Å². The van der Waals surface area contributed by atoms with Crippen LogP contribution in [0.15, 0.2) is 0 Å². The minimum Gasteiger partial charge on any atom is -0.456 e. The summed E-state index contributed by atoms with van der Waals surface area (Å²) in [7, 11) is 0. The van der Waals surface area contributed by atoms with Gasteiger partial charge in [-0.15, -0.1) is 0 Å². The number of carbonyl (C=O) groups is 4. The fourth-order valence-corrected chi connectivity index (χ4v) is 2.42. The van der Waals surface area contributed by atoms with Crippen molar-refractivity contribution in [3.63, 3.8) is 0 Å². The molecular weight excluding hydrogens is 296 g/mol. The Labute approximate surface area is 128 Å². The van der Waals surface area contributed by atoms with Gasteiger partial charge in [0, 0.05) is 19.2 Å². The van der Waals surface area contributed by atoms with Crippen molar-refractivity contribution < 1.29 is 23.9 Å². The van der Waals surface area contributed by atoms with E-state index in [9.17, 15) is 19.2 Å². The number of rotatable bonds is 6. The maximum absolute atomic E-state index is 12.4. The van der Waals surface area contributed by atoms with E-state index in [1.165, 1.54) is 18.7 Å². The summed E-state index contributed by atoms with van der Waals surface area (Å²) in [5.74, 6) is -1.40.